The van der Waals surface area contributed by atoms with Crippen LogP contribution in [0.5, 0.6) is 0 Å². The second kappa shape index (κ2) is 7.12. The number of carbonyl (C=O) groups is 1. The number of aryl methyl sites for hydroxylation is 1. The van der Waals surface area contributed by atoms with Crippen LogP contribution in [-0.2, 0) is 11.3 Å². The average molecular weight is 386 g/mol. The van der Waals surface area contributed by atoms with E-state index in [0.29, 0.717) is 41.8 Å². The number of rotatable bonds is 4. The van der Waals surface area contributed by atoms with Gasteiger partial charge in [0.25, 0.3) is 0 Å². The van der Waals surface area contributed by atoms with Crippen molar-refractivity contribution in [3.8, 4) is 11.4 Å². The molecule has 1 atom stereocenters. The molecular formula is C20H17ClFN3O2. The lowest BCUT2D eigenvalue weighted by atomic mass is 10.1. The maximum absolute atomic E-state index is 13.2. The number of halogens is 2. The second-order valence-electron chi connectivity index (χ2n) is 6.68. The van der Waals surface area contributed by atoms with Crippen LogP contribution in [0.25, 0.3) is 11.4 Å². The monoisotopic (exact) mass is 385 g/mol. The molecule has 1 saturated heterocycles. The Bertz CT molecular complexity index is 1000. The van der Waals surface area contributed by atoms with Crippen molar-refractivity contribution in [1.82, 2.24) is 15.0 Å². The van der Waals surface area contributed by atoms with Gasteiger partial charge in [0.2, 0.25) is 17.6 Å². The number of hydrogen-bond donors (Lipinski definition) is 0. The molecule has 7 heteroatoms. The molecule has 138 valence electrons. The van der Waals surface area contributed by atoms with Crippen molar-refractivity contribution in [1.29, 1.82) is 0 Å². The van der Waals surface area contributed by atoms with Gasteiger partial charge in [-0.3, -0.25) is 4.79 Å². The Kier molecular flexibility index (Phi) is 4.66. The Hall–Kier alpha value is -2.73. The Balaban J connectivity index is 1.50. The van der Waals surface area contributed by atoms with Crippen LogP contribution in [0.15, 0.2) is 47.0 Å². The van der Waals surface area contributed by atoms with E-state index in [9.17, 15) is 9.18 Å². The Labute approximate surface area is 160 Å². The maximum Gasteiger partial charge on any atom is 0.232 e. The predicted octanol–water partition coefficient (Wildman–Crippen LogP) is 4.35. The van der Waals surface area contributed by atoms with Crippen LogP contribution in [-0.4, -0.2) is 27.5 Å². The van der Waals surface area contributed by atoms with Gasteiger partial charge in [-0.1, -0.05) is 47.1 Å². The number of hydrogen-bond acceptors (Lipinski definition) is 4. The Morgan fingerprint density at radius 2 is 2.11 bits per heavy atom. The fraction of sp³-hybridized carbons (Fsp3) is 0.250. The highest BCUT2D eigenvalue weighted by Gasteiger charge is 2.34. The van der Waals surface area contributed by atoms with E-state index in [1.807, 2.05) is 31.2 Å². The summed E-state index contributed by atoms with van der Waals surface area (Å²) in [6.45, 7) is 2.77. The highest BCUT2D eigenvalue weighted by molar-refractivity contribution is 6.31. The summed E-state index contributed by atoms with van der Waals surface area (Å²) in [6, 6.07) is 12.0. The third-order valence-corrected chi connectivity index (χ3v) is 5.12. The highest BCUT2D eigenvalue weighted by Crippen LogP contribution is 2.31. The third-order valence-electron chi connectivity index (χ3n) is 4.77. The van der Waals surface area contributed by atoms with Crippen molar-refractivity contribution in [2.75, 3.05) is 6.54 Å². The maximum atomic E-state index is 13.2. The SMILES string of the molecule is Cc1ccccc1-c1noc(C2CC(=O)N(Cc3ccc(F)cc3Cl)C2)n1. The van der Waals surface area contributed by atoms with E-state index in [2.05, 4.69) is 10.1 Å². The molecule has 4 rings (SSSR count). The van der Waals surface area contributed by atoms with E-state index in [1.165, 1.54) is 12.1 Å². The Morgan fingerprint density at radius 1 is 1.30 bits per heavy atom. The van der Waals surface area contributed by atoms with Crippen LogP contribution in [0, 0.1) is 12.7 Å². The lowest BCUT2D eigenvalue weighted by Crippen LogP contribution is -2.24. The minimum absolute atomic E-state index is 0.0176. The summed E-state index contributed by atoms with van der Waals surface area (Å²) < 4.78 is 18.6. The average Bonchev–Trinajstić information content (AvgIpc) is 3.25. The van der Waals surface area contributed by atoms with E-state index in [1.54, 1.807) is 11.0 Å². The largest absolute Gasteiger partial charge is 0.339 e. The first-order valence-electron chi connectivity index (χ1n) is 8.62. The van der Waals surface area contributed by atoms with Gasteiger partial charge in [-0.2, -0.15) is 4.98 Å². The molecular weight excluding hydrogens is 369 g/mol. The summed E-state index contributed by atoms with van der Waals surface area (Å²) in [5.41, 5.74) is 2.67. The molecule has 1 aliphatic rings. The first-order valence-corrected chi connectivity index (χ1v) is 9.00. The molecule has 2 heterocycles. The molecule has 0 radical (unpaired) electrons. The van der Waals surface area contributed by atoms with Crippen molar-refractivity contribution in [2.24, 2.45) is 0 Å². The highest BCUT2D eigenvalue weighted by atomic mass is 35.5. The van der Waals surface area contributed by atoms with Gasteiger partial charge < -0.3 is 9.42 Å². The molecule has 0 saturated carbocycles. The summed E-state index contributed by atoms with van der Waals surface area (Å²) >= 11 is 6.08. The van der Waals surface area contributed by atoms with Crippen LogP contribution >= 0.6 is 11.6 Å². The van der Waals surface area contributed by atoms with Crippen LogP contribution in [0.4, 0.5) is 4.39 Å². The summed E-state index contributed by atoms with van der Waals surface area (Å²) in [6.07, 6.45) is 0.300. The van der Waals surface area contributed by atoms with Gasteiger partial charge in [0.05, 0.1) is 5.92 Å². The molecule has 5 nitrogen and oxygen atoms in total. The number of carbonyl (C=O) groups excluding carboxylic acids is 1. The van der Waals surface area contributed by atoms with E-state index in [-0.39, 0.29) is 11.8 Å². The van der Waals surface area contributed by atoms with Gasteiger partial charge in [-0.05, 0) is 30.2 Å². The van der Waals surface area contributed by atoms with Crippen molar-refractivity contribution in [2.45, 2.75) is 25.8 Å². The fourth-order valence-electron chi connectivity index (χ4n) is 3.28. The second-order valence-corrected chi connectivity index (χ2v) is 7.09. The van der Waals surface area contributed by atoms with Crippen molar-refractivity contribution < 1.29 is 13.7 Å². The van der Waals surface area contributed by atoms with E-state index in [4.69, 9.17) is 16.1 Å². The third kappa shape index (κ3) is 3.57. The molecule has 3 aromatic rings. The first kappa shape index (κ1) is 17.7. The van der Waals surface area contributed by atoms with Gasteiger partial charge in [0, 0.05) is 30.1 Å². The van der Waals surface area contributed by atoms with Gasteiger partial charge in [-0.25, -0.2) is 4.39 Å². The smallest absolute Gasteiger partial charge is 0.232 e. The Morgan fingerprint density at radius 3 is 2.89 bits per heavy atom. The lowest BCUT2D eigenvalue weighted by Gasteiger charge is -2.17. The van der Waals surface area contributed by atoms with E-state index in [0.717, 1.165) is 11.1 Å². The van der Waals surface area contributed by atoms with Gasteiger partial charge >= 0.3 is 0 Å². The summed E-state index contributed by atoms with van der Waals surface area (Å²) in [5, 5.41) is 4.38. The molecule has 1 aromatic heterocycles. The molecule has 0 N–H and O–H groups in total. The van der Waals surface area contributed by atoms with E-state index < -0.39 is 5.82 Å². The van der Waals surface area contributed by atoms with Crippen LogP contribution in [0.1, 0.15) is 29.4 Å². The lowest BCUT2D eigenvalue weighted by molar-refractivity contribution is -0.128. The molecule has 1 aliphatic heterocycles. The number of aromatic nitrogens is 2. The minimum atomic E-state index is -0.399. The summed E-state index contributed by atoms with van der Waals surface area (Å²) in [7, 11) is 0. The number of nitrogens with zero attached hydrogens (tertiary/aromatic N) is 3. The minimum Gasteiger partial charge on any atom is -0.339 e. The van der Waals surface area contributed by atoms with Crippen molar-refractivity contribution in [3.63, 3.8) is 0 Å². The van der Waals surface area contributed by atoms with Gasteiger partial charge in [-0.15, -0.1) is 0 Å². The molecule has 1 unspecified atom stereocenters. The molecule has 0 bridgehead atoms. The van der Waals surface area contributed by atoms with Crippen molar-refractivity contribution in [3.05, 3.63) is 70.3 Å². The van der Waals surface area contributed by atoms with Crippen molar-refractivity contribution >= 4 is 17.5 Å². The molecule has 2 aromatic carbocycles. The number of likely N-dealkylation sites (tertiary alicyclic amines) is 1. The van der Waals surface area contributed by atoms with Crippen LogP contribution in [0.2, 0.25) is 5.02 Å². The predicted molar refractivity (Wildman–Crippen MR) is 98.7 cm³/mol. The van der Waals surface area contributed by atoms with Crippen LogP contribution in [0.3, 0.4) is 0 Å². The standard InChI is InChI=1S/C20H17ClFN3O2/c1-12-4-2-3-5-16(12)19-23-20(27-24-19)14-8-18(26)25(11-14)10-13-6-7-15(22)9-17(13)21/h2-7,9,14H,8,10-11H2,1H3. The molecule has 0 aliphatic carbocycles. The topological polar surface area (TPSA) is 59.2 Å². The summed E-state index contributed by atoms with van der Waals surface area (Å²) in [5.74, 6) is 0.395. The zero-order valence-corrected chi connectivity index (χ0v) is 15.4. The number of amides is 1. The zero-order valence-electron chi connectivity index (χ0n) is 14.7. The number of benzene rings is 2. The fourth-order valence-corrected chi connectivity index (χ4v) is 3.51. The normalized spacial score (nSPS) is 16.9. The van der Waals surface area contributed by atoms with E-state index >= 15 is 0 Å². The first-order chi connectivity index (χ1) is 13.0. The quantitative estimate of drug-likeness (QED) is 0.669. The van der Waals surface area contributed by atoms with Crippen LogP contribution < -0.4 is 0 Å². The summed E-state index contributed by atoms with van der Waals surface area (Å²) in [4.78, 5) is 18.6. The van der Waals surface area contributed by atoms with Gasteiger partial charge in [0.15, 0.2) is 0 Å². The molecule has 1 fully saturated rings. The molecule has 0 spiro atoms. The van der Waals surface area contributed by atoms with Gasteiger partial charge in [0.1, 0.15) is 5.82 Å². The zero-order chi connectivity index (χ0) is 19.0. The molecule has 1 amide bonds. The molecule has 27 heavy (non-hydrogen) atoms.